The molecular formula is C25H33N5O6. The van der Waals surface area contributed by atoms with Gasteiger partial charge in [-0.1, -0.05) is 27.2 Å². The Balaban J connectivity index is 2.08. The smallest absolute Gasteiger partial charge is 0.411 e. The van der Waals surface area contributed by atoms with Gasteiger partial charge in [0, 0.05) is 42.8 Å². The van der Waals surface area contributed by atoms with Crippen LogP contribution in [-0.2, 0) is 17.8 Å². The Morgan fingerprint density at radius 1 is 1.22 bits per heavy atom. The summed E-state index contributed by atoms with van der Waals surface area (Å²) in [5.41, 5.74) is 6.11. The lowest BCUT2D eigenvalue weighted by atomic mass is 10.1. The molecule has 0 bridgehead atoms. The zero-order valence-corrected chi connectivity index (χ0v) is 21.1. The molecule has 3 rings (SSSR count). The van der Waals surface area contributed by atoms with Gasteiger partial charge in [0.25, 0.3) is 5.56 Å². The average molecular weight is 500 g/mol. The second-order valence-electron chi connectivity index (χ2n) is 8.92. The lowest BCUT2D eigenvalue weighted by Crippen LogP contribution is -2.39. The molecule has 11 heteroatoms. The number of benzene rings is 1. The van der Waals surface area contributed by atoms with Gasteiger partial charge < -0.3 is 19.8 Å². The van der Waals surface area contributed by atoms with E-state index >= 15 is 0 Å². The van der Waals surface area contributed by atoms with Crippen LogP contribution in [0.5, 0.6) is 0 Å². The molecular weight excluding hydrogens is 466 g/mol. The predicted octanol–water partition coefficient (Wildman–Crippen LogP) is 3.26. The fraction of sp³-hybridized carbons (Fsp3) is 0.440. The first kappa shape index (κ1) is 26.6. The summed E-state index contributed by atoms with van der Waals surface area (Å²) in [4.78, 5) is 53.6. The number of aromatic amines is 1. The number of rotatable bonds is 10. The van der Waals surface area contributed by atoms with Crippen LogP contribution < -0.4 is 32.8 Å². The van der Waals surface area contributed by atoms with Crippen LogP contribution in [0.1, 0.15) is 46.1 Å². The van der Waals surface area contributed by atoms with Crippen molar-refractivity contribution in [3.8, 4) is 0 Å². The minimum absolute atomic E-state index is 0.0889. The Hall–Kier alpha value is -4.02. The summed E-state index contributed by atoms with van der Waals surface area (Å²) in [7, 11) is 0. The van der Waals surface area contributed by atoms with Crippen molar-refractivity contribution >= 4 is 34.3 Å². The monoisotopic (exact) mass is 499 g/mol. The summed E-state index contributed by atoms with van der Waals surface area (Å²) in [5, 5.41) is 3.21. The third-order valence-electron chi connectivity index (χ3n) is 5.56. The molecule has 0 fully saturated rings. The molecule has 0 aliphatic heterocycles. The van der Waals surface area contributed by atoms with E-state index in [2.05, 4.69) is 10.3 Å². The van der Waals surface area contributed by atoms with Crippen molar-refractivity contribution < 1.29 is 13.9 Å². The summed E-state index contributed by atoms with van der Waals surface area (Å²) in [6.07, 6.45) is 0.965. The average Bonchev–Trinajstić information content (AvgIpc) is 2.78. The van der Waals surface area contributed by atoms with Gasteiger partial charge in [0.15, 0.2) is 0 Å². The van der Waals surface area contributed by atoms with E-state index in [4.69, 9.17) is 14.9 Å². The second-order valence-corrected chi connectivity index (χ2v) is 8.92. The Morgan fingerprint density at radius 3 is 2.64 bits per heavy atom. The second kappa shape index (κ2) is 11.6. The Morgan fingerprint density at radius 2 is 1.97 bits per heavy atom. The van der Waals surface area contributed by atoms with Crippen molar-refractivity contribution in [1.29, 1.82) is 0 Å². The molecule has 0 radical (unpaired) electrons. The zero-order chi connectivity index (χ0) is 26.4. The van der Waals surface area contributed by atoms with Crippen LogP contribution >= 0.6 is 0 Å². The minimum Gasteiger partial charge on any atom is -0.450 e. The first-order valence-corrected chi connectivity index (χ1v) is 12.0. The first-order valence-electron chi connectivity index (χ1n) is 12.0. The number of unbranched alkanes of at least 4 members (excludes halogenated alkanes) is 1. The van der Waals surface area contributed by atoms with Gasteiger partial charge in [-0.2, -0.15) is 0 Å². The number of H-pyrrole nitrogens is 1. The highest BCUT2D eigenvalue weighted by Gasteiger charge is 2.21. The summed E-state index contributed by atoms with van der Waals surface area (Å²) in [6.45, 7) is 8.91. The van der Waals surface area contributed by atoms with Crippen molar-refractivity contribution in [2.24, 2.45) is 5.92 Å². The van der Waals surface area contributed by atoms with Crippen LogP contribution in [0.2, 0.25) is 0 Å². The molecule has 4 N–H and O–H groups in total. The number of ether oxygens (including phenoxy) is 1. The summed E-state index contributed by atoms with van der Waals surface area (Å²) in [5.74, 6) is 0.234. The highest BCUT2D eigenvalue weighted by molar-refractivity contribution is 5.90. The summed E-state index contributed by atoms with van der Waals surface area (Å²) in [6, 6.07) is 6.29. The van der Waals surface area contributed by atoms with Gasteiger partial charge in [-0.3, -0.25) is 19.7 Å². The van der Waals surface area contributed by atoms with E-state index in [1.807, 2.05) is 20.8 Å². The number of amides is 1. The van der Waals surface area contributed by atoms with Gasteiger partial charge in [0.1, 0.15) is 17.1 Å². The summed E-state index contributed by atoms with van der Waals surface area (Å²) >= 11 is 0. The quantitative estimate of drug-likeness (QED) is 0.359. The van der Waals surface area contributed by atoms with Crippen LogP contribution in [0.3, 0.4) is 0 Å². The number of carbonyl (C=O) groups is 1. The minimum atomic E-state index is -0.619. The lowest BCUT2D eigenvalue weighted by Gasteiger charge is -2.28. The Labute approximate surface area is 207 Å². The number of nitrogens with two attached hydrogens (primary N) is 1. The number of hydrogen-bond acceptors (Lipinski definition) is 8. The Bertz CT molecular complexity index is 1400. The molecule has 0 saturated heterocycles. The number of fused-ring (bicyclic) bond motifs is 1. The van der Waals surface area contributed by atoms with Crippen LogP contribution in [0.25, 0.3) is 11.0 Å². The lowest BCUT2D eigenvalue weighted by molar-refractivity contribution is 0.168. The molecule has 0 saturated carbocycles. The van der Waals surface area contributed by atoms with Crippen LogP contribution in [0, 0.1) is 5.92 Å². The molecule has 194 valence electrons. The molecule has 0 aliphatic rings. The van der Waals surface area contributed by atoms with E-state index in [9.17, 15) is 19.2 Å². The maximum absolute atomic E-state index is 12.9. The fourth-order valence-corrected chi connectivity index (χ4v) is 4.03. The van der Waals surface area contributed by atoms with E-state index in [1.165, 1.54) is 16.7 Å². The molecule has 1 aromatic carbocycles. The van der Waals surface area contributed by atoms with Crippen molar-refractivity contribution in [1.82, 2.24) is 9.55 Å². The topological polar surface area (TPSA) is 153 Å². The van der Waals surface area contributed by atoms with E-state index in [-0.39, 0.29) is 36.2 Å². The van der Waals surface area contributed by atoms with Gasteiger partial charge in [-0.15, -0.1) is 0 Å². The van der Waals surface area contributed by atoms with Crippen LogP contribution in [-0.4, -0.2) is 28.8 Å². The molecule has 2 aromatic heterocycles. The van der Waals surface area contributed by atoms with Gasteiger partial charge in [-0.05, 0) is 37.0 Å². The van der Waals surface area contributed by atoms with Gasteiger partial charge in [0.05, 0.1) is 6.61 Å². The fourth-order valence-electron chi connectivity index (χ4n) is 4.03. The molecule has 1 amide bonds. The van der Waals surface area contributed by atoms with E-state index in [1.54, 1.807) is 24.0 Å². The maximum atomic E-state index is 12.9. The number of carbonyl (C=O) groups excluding carboxylic acids is 1. The molecule has 3 aromatic rings. The van der Waals surface area contributed by atoms with Crippen molar-refractivity contribution in [2.45, 2.75) is 53.6 Å². The van der Waals surface area contributed by atoms with Gasteiger partial charge in [-0.25, -0.2) is 14.4 Å². The first-order chi connectivity index (χ1) is 17.1. The highest BCUT2D eigenvalue weighted by Crippen LogP contribution is 2.26. The van der Waals surface area contributed by atoms with Crippen molar-refractivity contribution in [3.63, 3.8) is 0 Å². The van der Waals surface area contributed by atoms with Gasteiger partial charge >= 0.3 is 17.4 Å². The summed E-state index contributed by atoms with van der Waals surface area (Å²) < 4.78 is 11.6. The molecule has 36 heavy (non-hydrogen) atoms. The van der Waals surface area contributed by atoms with E-state index in [0.717, 1.165) is 12.8 Å². The standard InChI is InChI=1S/C25H33N5O6/c1-5-7-10-30-22(26)21(23(32)28-24(30)33)29(13-15(3)4)14-16-11-20(31)36-19-12-17(8-9-18(16)19)27-25(34)35-6-2/h8-9,11-12,15H,5-7,10,13-14,26H2,1-4H3,(H,27,34)(H,28,32,33). The number of aromatic nitrogens is 2. The maximum Gasteiger partial charge on any atom is 0.411 e. The number of nitrogens with one attached hydrogen (secondary N) is 2. The SMILES string of the molecule is CCCCn1c(N)c(N(Cc2cc(=O)oc3cc(NC(=O)OCC)ccc23)CC(C)C)c(=O)[nH]c1=O. The van der Waals surface area contributed by atoms with Crippen LogP contribution in [0.4, 0.5) is 22.0 Å². The molecule has 11 nitrogen and oxygen atoms in total. The highest BCUT2D eigenvalue weighted by atomic mass is 16.5. The third-order valence-corrected chi connectivity index (χ3v) is 5.56. The Kier molecular flexibility index (Phi) is 8.57. The zero-order valence-electron chi connectivity index (χ0n) is 21.1. The van der Waals surface area contributed by atoms with Crippen molar-refractivity contribution in [2.75, 3.05) is 29.1 Å². The van der Waals surface area contributed by atoms with Crippen LogP contribution in [0.15, 0.2) is 43.1 Å². The number of anilines is 3. The number of nitrogens with zero attached hydrogens (tertiary/aromatic N) is 2. The molecule has 0 atom stereocenters. The van der Waals surface area contributed by atoms with Crippen molar-refractivity contribution in [3.05, 3.63) is 61.1 Å². The molecule has 0 spiro atoms. The molecule has 0 unspecified atom stereocenters. The molecule has 0 aliphatic carbocycles. The van der Waals surface area contributed by atoms with Gasteiger partial charge in [0.2, 0.25) is 0 Å². The largest absolute Gasteiger partial charge is 0.450 e. The predicted molar refractivity (Wildman–Crippen MR) is 140 cm³/mol. The third kappa shape index (κ3) is 6.15. The van der Waals surface area contributed by atoms with E-state index < -0.39 is 23.0 Å². The number of hydrogen-bond donors (Lipinski definition) is 3. The normalized spacial score (nSPS) is 11.1. The number of nitrogen functional groups attached to an aromatic ring is 1. The van der Waals surface area contributed by atoms with E-state index in [0.29, 0.717) is 29.7 Å². The molecule has 2 heterocycles.